The Labute approximate surface area is 97.5 Å². The van der Waals surface area contributed by atoms with E-state index in [4.69, 9.17) is 0 Å². The summed E-state index contributed by atoms with van der Waals surface area (Å²) in [4.78, 5) is 4.02. The van der Waals surface area contributed by atoms with Gasteiger partial charge in [0, 0.05) is 11.5 Å². The molecule has 5 heteroatoms. The van der Waals surface area contributed by atoms with E-state index >= 15 is 0 Å². The summed E-state index contributed by atoms with van der Waals surface area (Å²) < 4.78 is 17.3. The molecule has 0 spiro atoms. The maximum absolute atomic E-state index is 13.4. The minimum atomic E-state index is -0.177. The molecule has 0 fully saturated rings. The third kappa shape index (κ3) is 2.36. The van der Waals surface area contributed by atoms with Crippen LogP contribution in [0.15, 0.2) is 24.5 Å². The number of nitrogens with zero attached hydrogens (tertiary/aromatic N) is 2. The molecule has 0 radical (unpaired) electrons. The summed E-state index contributed by atoms with van der Waals surface area (Å²) in [5.41, 5.74) is 1.56. The molecule has 1 heterocycles. The van der Waals surface area contributed by atoms with Gasteiger partial charge in [0.25, 0.3) is 0 Å². The molecule has 1 N–H and O–H groups in total. The molecule has 0 aliphatic rings. The second-order valence-electron chi connectivity index (χ2n) is 3.62. The highest BCUT2D eigenvalue weighted by molar-refractivity contribution is 7.09. The van der Waals surface area contributed by atoms with Crippen molar-refractivity contribution in [1.82, 2.24) is 9.36 Å². The highest BCUT2D eigenvalue weighted by Crippen LogP contribution is 2.21. The van der Waals surface area contributed by atoms with E-state index < -0.39 is 0 Å². The Bertz CT molecular complexity index is 470. The molecule has 1 aromatic heterocycles. The molecule has 0 bridgehead atoms. The highest BCUT2D eigenvalue weighted by atomic mass is 32.1. The molecule has 2 aromatic rings. The van der Waals surface area contributed by atoms with E-state index in [2.05, 4.69) is 14.7 Å². The van der Waals surface area contributed by atoms with Gasteiger partial charge in [-0.2, -0.15) is 4.37 Å². The minimum absolute atomic E-state index is 0.0167. The van der Waals surface area contributed by atoms with Crippen LogP contribution in [0.3, 0.4) is 0 Å². The SMILES string of the molecule is Cc1ccc(C(C)Nc2ncns2)cc1F. The molecule has 84 valence electrons. The standard InChI is InChI=1S/C11H12FN3S/c1-7-3-4-9(5-10(7)12)8(2)15-11-13-6-14-16-11/h3-6,8H,1-2H3,(H,13,14,15). The van der Waals surface area contributed by atoms with Gasteiger partial charge in [0.15, 0.2) is 0 Å². The summed E-state index contributed by atoms with van der Waals surface area (Å²) in [6.07, 6.45) is 1.50. The summed E-state index contributed by atoms with van der Waals surface area (Å²) >= 11 is 1.29. The Balaban J connectivity index is 2.14. The summed E-state index contributed by atoms with van der Waals surface area (Å²) in [6.45, 7) is 3.72. The maximum atomic E-state index is 13.4. The van der Waals surface area contributed by atoms with Gasteiger partial charge in [0.1, 0.15) is 12.1 Å². The number of anilines is 1. The first-order valence-corrected chi connectivity index (χ1v) is 5.73. The van der Waals surface area contributed by atoms with Crippen LogP contribution in [-0.2, 0) is 0 Å². The third-order valence-corrected chi connectivity index (χ3v) is 2.99. The number of hydrogen-bond donors (Lipinski definition) is 1. The van der Waals surface area contributed by atoms with Gasteiger partial charge in [-0.25, -0.2) is 9.37 Å². The zero-order chi connectivity index (χ0) is 11.5. The second-order valence-corrected chi connectivity index (χ2v) is 4.40. The van der Waals surface area contributed by atoms with E-state index in [0.29, 0.717) is 5.56 Å². The van der Waals surface area contributed by atoms with Gasteiger partial charge in [-0.05, 0) is 31.0 Å². The first kappa shape index (κ1) is 11.0. The second kappa shape index (κ2) is 4.57. The molecule has 1 atom stereocenters. The summed E-state index contributed by atoms with van der Waals surface area (Å²) in [6, 6.07) is 5.26. The number of halogens is 1. The van der Waals surface area contributed by atoms with Crippen LogP contribution in [0, 0.1) is 12.7 Å². The van der Waals surface area contributed by atoms with Crippen LogP contribution in [0.1, 0.15) is 24.1 Å². The Hall–Kier alpha value is -1.49. The predicted molar refractivity (Wildman–Crippen MR) is 63.1 cm³/mol. The summed E-state index contributed by atoms with van der Waals surface area (Å²) in [7, 11) is 0. The smallest absolute Gasteiger partial charge is 0.202 e. The van der Waals surface area contributed by atoms with E-state index in [1.54, 1.807) is 19.1 Å². The normalized spacial score (nSPS) is 12.4. The number of aryl methyl sites for hydroxylation is 1. The highest BCUT2D eigenvalue weighted by Gasteiger charge is 2.08. The van der Waals surface area contributed by atoms with Crippen LogP contribution in [0.5, 0.6) is 0 Å². The summed E-state index contributed by atoms with van der Waals surface area (Å²) in [5, 5.41) is 3.91. The van der Waals surface area contributed by atoms with Gasteiger partial charge >= 0.3 is 0 Å². The van der Waals surface area contributed by atoms with Crippen molar-refractivity contribution in [2.45, 2.75) is 19.9 Å². The van der Waals surface area contributed by atoms with Gasteiger partial charge < -0.3 is 5.32 Å². The topological polar surface area (TPSA) is 37.8 Å². The first-order valence-electron chi connectivity index (χ1n) is 4.96. The van der Waals surface area contributed by atoms with E-state index in [0.717, 1.165) is 10.7 Å². The van der Waals surface area contributed by atoms with Crippen LogP contribution in [0.4, 0.5) is 9.52 Å². The molecular weight excluding hydrogens is 225 g/mol. The maximum Gasteiger partial charge on any atom is 0.202 e. The molecule has 1 unspecified atom stereocenters. The average molecular weight is 237 g/mol. The Kier molecular flexibility index (Phi) is 3.14. The quantitative estimate of drug-likeness (QED) is 0.891. The fraction of sp³-hybridized carbons (Fsp3) is 0.273. The molecule has 3 nitrogen and oxygen atoms in total. The van der Waals surface area contributed by atoms with Crippen molar-refractivity contribution in [3.63, 3.8) is 0 Å². The Morgan fingerprint density at radius 1 is 1.44 bits per heavy atom. The van der Waals surface area contributed by atoms with Crippen LogP contribution in [-0.4, -0.2) is 9.36 Å². The summed E-state index contributed by atoms with van der Waals surface area (Å²) in [5.74, 6) is -0.177. The molecule has 1 aromatic carbocycles. The van der Waals surface area contributed by atoms with Crippen LogP contribution >= 0.6 is 11.5 Å². The van der Waals surface area contributed by atoms with Gasteiger partial charge in [-0.3, -0.25) is 0 Å². The Morgan fingerprint density at radius 3 is 2.88 bits per heavy atom. The monoisotopic (exact) mass is 237 g/mol. The van der Waals surface area contributed by atoms with Crippen molar-refractivity contribution < 1.29 is 4.39 Å². The first-order chi connectivity index (χ1) is 7.66. The zero-order valence-electron chi connectivity index (χ0n) is 9.07. The number of benzene rings is 1. The lowest BCUT2D eigenvalue weighted by atomic mass is 10.1. The lowest BCUT2D eigenvalue weighted by molar-refractivity contribution is 0.614. The van der Waals surface area contributed by atoms with E-state index in [9.17, 15) is 4.39 Å². The molecular formula is C11H12FN3S. The molecule has 2 rings (SSSR count). The van der Waals surface area contributed by atoms with Crippen molar-refractivity contribution >= 4 is 16.7 Å². The average Bonchev–Trinajstić information content (AvgIpc) is 2.74. The van der Waals surface area contributed by atoms with Crippen molar-refractivity contribution in [3.8, 4) is 0 Å². The molecule has 0 saturated heterocycles. The largest absolute Gasteiger partial charge is 0.354 e. The van der Waals surface area contributed by atoms with E-state index in [1.165, 1.54) is 17.9 Å². The molecule has 0 aliphatic carbocycles. The van der Waals surface area contributed by atoms with Crippen LogP contribution in [0.2, 0.25) is 0 Å². The molecule has 16 heavy (non-hydrogen) atoms. The van der Waals surface area contributed by atoms with Gasteiger partial charge in [0.05, 0.1) is 6.04 Å². The fourth-order valence-corrected chi connectivity index (χ4v) is 1.90. The number of aromatic nitrogens is 2. The van der Waals surface area contributed by atoms with Gasteiger partial charge in [-0.15, -0.1) is 0 Å². The third-order valence-electron chi connectivity index (χ3n) is 2.40. The van der Waals surface area contributed by atoms with Crippen molar-refractivity contribution in [3.05, 3.63) is 41.5 Å². The predicted octanol–water partition coefficient (Wildman–Crippen LogP) is 3.16. The van der Waals surface area contributed by atoms with Crippen LogP contribution < -0.4 is 5.32 Å². The zero-order valence-corrected chi connectivity index (χ0v) is 9.88. The Morgan fingerprint density at radius 2 is 2.25 bits per heavy atom. The number of hydrogen-bond acceptors (Lipinski definition) is 4. The lowest BCUT2D eigenvalue weighted by Crippen LogP contribution is -2.06. The van der Waals surface area contributed by atoms with E-state index in [1.807, 2.05) is 13.0 Å². The van der Waals surface area contributed by atoms with Crippen molar-refractivity contribution in [2.75, 3.05) is 5.32 Å². The van der Waals surface area contributed by atoms with Gasteiger partial charge in [-0.1, -0.05) is 12.1 Å². The molecule has 0 saturated carbocycles. The van der Waals surface area contributed by atoms with E-state index in [-0.39, 0.29) is 11.9 Å². The minimum Gasteiger partial charge on any atom is -0.354 e. The number of rotatable bonds is 3. The van der Waals surface area contributed by atoms with Crippen molar-refractivity contribution in [2.24, 2.45) is 0 Å². The lowest BCUT2D eigenvalue weighted by Gasteiger charge is -2.13. The van der Waals surface area contributed by atoms with Gasteiger partial charge in [0.2, 0.25) is 5.13 Å². The fourth-order valence-electron chi connectivity index (χ4n) is 1.38. The molecule has 0 aliphatic heterocycles. The molecule has 0 amide bonds. The van der Waals surface area contributed by atoms with Crippen LogP contribution in [0.25, 0.3) is 0 Å². The van der Waals surface area contributed by atoms with Crippen molar-refractivity contribution in [1.29, 1.82) is 0 Å². The number of nitrogens with one attached hydrogen (secondary N) is 1.